The standard InChI is InChI=1S/C15H19NO/c1-4-16-13(9-11(2)3)15-10-12-7-5-6-8-14(12)17-15/h5-10,13,16H,4H2,1-3H3. The Bertz CT molecular complexity index is 487. The number of rotatable bonds is 4. The van der Waals surface area contributed by atoms with E-state index in [1.54, 1.807) is 0 Å². The van der Waals surface area contributed by atoms with E-state index in [0.717, 1.165) is 23.3 Å². The minimum Gasteiger partial charge on any atom is -0.459 e. The number of likely N-dealkylation sites (N-methyl/N-ethyl adjacent to an activating group) is 1. The number of benzene rings is 1. The van der Waals surface area contributed by atoms with Gasteiger partial charge in [0.05, 0.1) is 6.04 Å². The van der Waals surface area contributed by atoms with Gasteiger partial charge in [-0.2, -0.15) is 0 Å². The predicted octanol–water partition coefficient (Wildman–Crippen LogP) is 4.05. The van der Waals surface area contributed by atoms with Crippen molar-refractivity contribution in [3.63, 3.8) is 0 Å². The van der Waals surface area contributed by atoms with Crippen molar-refractivity contribution in [3.05, 3.63) is 47.7 Å². The Morgan fingerprint density at radius 2 is 2.12 bits per heavy atom. The third-order valence-electron chi connectivity index (χ3n) is 2.68. The number of hydrogen-bond acceptors (Lipinski definition) is 2. The van der Waals surface area contributed by atoms with Gasteiger partial charge in [0.1, 0.15) is 11.3 Å². The Kier molecular flexibility index (Phi) is 3.64. The van der Waals surface area contributed by atoms with Crippen LogP contribution in [0.15, 0.2) is 46.4 Å². The molecule has 2 rings (SSSR count). The first-order valence-corrected chi connectivity index (χ1v) is 6.07. The van der Waals surface area contributed by atoms with Gasteiger partial charge in [0.25, 0.3) is 0 Å². The molecule has 0 aliphatic rings. The van der Waals surface area contributed by atoms with Crippen molar-refractivity contribution in [2.24, 2.45) is 0 Å². The third kappa shape index (κ3) is 2.77. The predicted molar refractivity (Wildman–Crippen MR) is 72.1 cm³/mol. The van der Waals surface area contributed by atoms with Crippen LogP contribution in [0.25, 0.3) is 11.0 Å². The van der Waals surface area contributed by atoms with Crippen LogP contribution in [0.3, 0.4) is 0 Å². The van der Waals surface area contributed by atoms with Gasteiger partial charge in [0, 0.05) is 5.39 Å². The largest absolute Gasteiger partial charge is 0.459 e. The molecular formula is C15H19NO. The molecule has 2 nitrogen and oxygen atoms in total. The molecule has 90 valence electrons. The quantitative estimate of drug-likeness (QED) is 0.800. The topological polar surface area (TPSA) is 25.2 Å². The molecular weight excluding hydrogens is 210 g/mol. The molecule has 0 bridgehead atoms. The number of fused-ring (bicyclic) bond motifs is 1. The molecule has 1 aromatic heterocycles. The minimum absolute atomic E-state index is 0.164. The highest BCUT2D eigenvalue weighted by atomic mass is 16.3. The van der Waals surface area contributed by atoms with Crippen LogP contribution in [-0.2, 0) is 0 Å². The Labute approximate surface area is 102 Å². The van der Waals surface area contributed by atoms with E-state index in [1.807, 2.05) is 18.2 Å². The maximum Gasteiger partial charge on any atom is 0.134 e. The second-order valence-corrected chi connectivity index (χ2v) is 4.47. The fourth-order valence-electron chi connectivity index (χ4n) is 1.95. The molecule has 0 saturated carbocycles. The molecule has 0 aliphatic carbocycles. The molecule has 0 amide bonds. The maximum atomic E-state index is 5.88. The summed E-state index contributed by atoms with van der Waals surface area (Å²) in [6.07, 6.45) is 2.20. The highest BCUT2D eigenvalue weighted by Gasteiger charge is 2.12. The van der Waals surface area contributed by atoms with Gasteiger partial charge in [-0.15, -0.1) is 0 Å². The molecule has 1 N–H and O–H groups in total. The smallest absolute Gasteiger partial charge is 0.134 e. The third-order valence-corrected chi connectivity index (χ3v) is 2.68. The van der Waals surface area contributed by atoms with Crippen molar-refractivity contribution in [3.8, 4) is 0 Å². The van der Waals surface area contributed by atoms with Crippen LogP contribution >= 0.6 is 0 Å². The van der Waals surface area contributed by atoms with Crippen molar-refractivity contribution in [2.45, 2.75) is 26.8 Å². The number of hydrogen-bond donors (Lipinski definition) is 1. The number of furan rings is 1. The zero-order valence-corrected chi connectivity index (χ0v) is 10.7. The highest BCUT2D eigenvalue weighted by Crippen LogP contribution is 2.25. The van der Waals surface area contributed by atoms with Gasteiger partial charge < -0.3 is 9.73 Å². The van der Waals surface area contributed by atoms with Crippen molar-refractivity contribution < 1.29 is 4.42 Å². The van der Waals surface area contributed by atoms with E-state index in [9.17, 15) is 0 Å². The molecule has 0 aliphatic heterocycles. The van der Waals surface area contributed by atoms with Gasteiger partial charge in [-0.1, -0.05) is 36.8 Å². The molecule has 1 unspecified atom stereocenters. The summed E-state index contributed by atoms with van der Waals surface area (Å²) in [5.41, 5.74) is 2.24. The number of nitrogens with one attached hydrogen (secondary N) is 1. The Hall–Kier alpha value is -1.54. The molecule has 1 aromatic carbocycles. The van der Waals surface area contributed by atoms with E-state index < -0.39 is 0 Å². The zero-order chi connectivity index (χ0) is 12.3. The summed E-state index contributed by atoms with van der Waals surface area (Å²) in [6.45, 7) is 7.24. The maximum absolute atomic E-state index is 5.88. The molecule has 0 fully saturated rings. The van der Waals surface area contributed by atoms with Crippen molar-refractivity contribution in [1.82, 2.24) is 5.32 Å². The fourth-order valence-corrected chi connectivity index (χ4v) is 1.95. The van der Waals surface area contributed by atoms with Crippen LogP contribution in [0, 0.1) is 0 Å². The molecule has 1 heterocycles. The van der Waals surface area contributed by atoms with E-state index in [1.165, 1.54) is 5.57 Å². The average Bonchev–Trinajstić information content (AvgIpc) is 2.71. The summed E-state index contributed by atoms with van der Waals surface area (Å²) in [6, 6.07) is 10.4. The van der Waals surface area contributed by atoms with E-state index in [-0.39, 0.29) is 6.04 Å². The van der Waals surface area contributed by atoms with E-state index >= 15 is 0 Å². The molecule has 1 atom stereocenters. The van der Waals surface area contributed by atoms with Crippen LogP contribution in [0.1, 0.15) is 32.6 Å². The SMILES string of the molecule is CCNC(C=C(C)C)c1cc2ccccc2o1. The second-order valence-electron chi connectivity index (χ2n) is 4.47. The lowest BCUT2D eigenvalue weighted by Crippen LogP contribution is -2.18. The molecule has 2 aromatic rings. The lowest BCUT2D eigenvalue weighted by Gasteiger charge is -2.11. The molecule has 2 heteroatoms. The fraction of sp³-hybridized carbons (Fsp3) is 0.333. The van der Waals surface area contributed by atoms with Gasteiger partial charge in [0.2, 0.25) is 0 Å². The molecule has 17 heavy (non-hydrogen) atoms. The van der Waals surface area contributed by atoms with Gasteiger partial charge >= 0.3 is 0 Å². The summed E-state index contributed by atoms with van der Waals surface area (Å²) in [7, 11) is 0. The van der Waals surface area contributed by atoms with Crippen molar-refractivity contribution in [1.29, 1.82) is 0 Å². The van der Waals surface area contributed by atoms with Crippen LogP contribution in [0.4, 0.5) is 0 Å². The molecule has 0 saturated heterocycles. The van der Waals surface area contributed by atoms with Gasteiger partial charge in [-0.3, -0.25) is 0 Å². The van der Waals surface area contributed by atoms with Crippen LogP contribution in [0.5, 0.6) is 0 Å². The van der Waals surface area contributed by atoms with E-state index in [0.29, 0.717) is 0 Å². The van der Waals surface area contributed by atoms with Crippen molar-refractivity contribution >= 4 is 11.0 Å². The minimum atomic E-state index is 0.164. The normalized spacial score (nSPS) is 12.6. The summed E-state index contributed by atoms with van der Waals surface area (Å²) in [5.74, 6) is 0.981. The first kappa shape index (κ1) is 11.9. The van der Waals surface area contributed by atoms with Gasteiger partial charge in [-0.05, 0) is 32.5 Å². The van der Waals surface area contributed by atoms with Crippen LogP contribution < -0.4 is 5.32 Å². The monoisotopic (exact) mass is 229 g/mol. The van der Waals surface area contributed by atoms with E-state index in [4.69, 9.17) is 4.42 Å². The molecule has 0 spiro atoms. The summed E-state index contributed by atoms with van der Waals surface area (Å²) in [5, 5.41) is 4.58. The van der Waals surface area contributed by atoms with E-state index in [2.05, 4.69) is 44.3 Å². The van der Waals surface area contributed by atoms with Crippen LogP contribution in [0.2, 0.25) is 0 Å². The first-order valence-electron chi connectivity index (χ1n) is 6.07. The van der Waals surface area contributed by atoms with Gasteiger partial charge in [-0.25, -0.2) is 0 Å². The number of allylic oxidation sites excluding steroid dienone is 1. The lowest BCUT2D eigenvalue weighted by atomic mass is 10.1. The molecule has 0 radical (unpaired) electrons. The first-order chi connectivity index (χ1) is 8.20. The van der Waals surface area contributed by atoms with Crippen LogP contribution in [-0.4, -0.2) is 6.54 Å². The van der Waals surface area contributed by atoms with Crippen molar-refractivity contribution in [2.75, 3.05) is 6.54 Å². The summed E-state index contributed by atoms with van der Waals surface area (Å²) >= 11 is 0. The second kappa shape index (κ2) is 5.19. The lowest BCUT2D eigenvalue weighted by molar-refractivity contribution is 0.483. The Morgan fingerprint density at radius 3 is 2.76 bits per heavy atom. The number of para-hydroxylation sites is 1. The Balaban J connectivity index is 2.38. The summed E-state index contributed by atoms with van der Waals surface area (Å²) < 4.78 is 5.88. The zero-order valence-electron chi connectivity index (χ0n) is 10.7. The average molecular weight is 229 g/mol. The summed E-state index contributed by atoms with van der Waals surface area (Å²) in [4.78, 5) is 0. The highest BCUT2D eigenvalue weighted by molar-refractivity contribution is 5.77. The Morgan fingerprint density at radius 1 is 1.35 bits per heavy atom. The van der Waals surface area contributed by atoms with Gasteiger partial charge in [0.15, 0.2) is 0 Å².